The van der Waals surface area contributed by atoms with Crippen LogP contribution in [-0.4, -0.2) is 10.2 Å². The van der Waals surface area contributed by atoms with Gasteiger partial charge in [-0.2, -0.15) is 0 Å². The van der Waals surface area contributed by atoms with Gasteiger partial charge in [-0.3, -0.25) is 0 Å². The summed E-state index contributed by atoms with van der Waals surface area (Å²) in [5.74, 6) is 0.749. The lowest BCUT2D eigenvalue weighted by Crippen LogP contribution is -2.06. The van der Waals surface area contributed by atoms with Crippen molar-refractivity contribution in [3.05, 3.63) is 70.2 Å². The standard InChI is InChI=1S/C17H15ClN2O2S/c18-14-6-4-13(5-7-14)17-20-15(11-23-17)10-22-16-3-1-2-12(8-16)9-19-21/h1-8,11,19,21H,9-10H2. The highest BCUT2D eigenvalue weighted by molar-refractivity contribution is 7.13. The summed E-state index contributed by atoms with van der Waals surface area (Å²) in [6, 6.07) is 15.2. The first-order valence-electron chi connectivity index (χ1n) is 7.03. The van der Waals surface area contributed by atoms with Gasteiger partial charge in [0.05, 0.1) is 5.69 Å². The summed E-state index contributed by atoms with van der Waals surface area (Å²) >= 11 is 7.48. The number of thiazole rings is 1. The van der Waals surface area contributed by atoms with Crippen LogP contribution in [0.3, 0.4) is 0 Å². The maximum absolute atomic E-state index is 8.74. The molecule has 0 spiro atoms. The molecule has 1 aromatic heterocycles. The summed E-state index contributed by atoms with van der Waals surface area (Å²) in [6.07, 6.45) is 0. The van der Waals surface area contributed by atoms with Crippen LogP contribution >= 0.6 is 22.9 Å². The van der Waals surface area contributed by atoms with Crippen LogP contribution < -0.4 is 10.2 Å². The average molecular weight is 347 g/mol. The lowest BCUT2D eigenvalue weighted by atomic mass is 10.2. The van der Waals surface area contributed by atoms with E-state index in [9.17, 15) is 0 Å². The van der Waals surface area contributed by atoms with Crippen LogP contribution in [0.5, 0.6) is 5.75 Å². The van der Waals surface area contributed by atoms with Crippen LogP contribution in [0.25, 0.3) is 10.6 Å². The summed E-state index contributed by atoms with van der Waals surface area (Å²) < 4.78 is 5.76. The van der Waals surface area contributed by atoms with E-state index >= 15 is 0 Å². The fourth-order valence-electron chi connectivity index (χ4n) is 2.09. The maximum atomic E-state index is 8.74. The molecule has 4 nitrogen and oxygen atoms in total. The molecule has 0 aliphatic carbocycles. The SMILES string of the molecule is ONCc1cccc(OCc2csc(-c3ccc(Cl)cc3)n2)c1. The smallest absolute Gasteiger partial charge is 0.131 e. The Morgan fingerprint density at radius 1 is 1.17 bits per heavy atom. The Bertz CT molecular complexity index is 774. The van der Waals surface area contributed by atoms with E-state index in [4.69, 9.17) is 21.5 Å². The lowest BCUT2D eigenvalue weighted by molar-refractivity contribution is 0.161. The monoisotopic (exact) mass is 346 g/mol. The Labute approximate surface area is 143 Å². The molecule has 0 amide bonds. The molecular formula is C17H15ClN2O2S. The molecule has 23 heavy (non-hydrogen) atoms. The normalized spacial score (nSPS) is 10.7. The molecule has 118 valence electrons. The van der Waals surface area contributed by atoms with E-state index < -0.39 is 0 Å². The van der Waals surface area contributed by atoms with Gasteiger partial charge in [0.1, 0.15) is 17.4 Å². The van der Waals surface area contributed by atoms with Gasteiger partial charge in [0.15, 0.2) is 0 Å². The first-order valence-corrected chi connectivity index (χ1v) is 8.29. The lowest BCUT2D eigenvalue weighted by Gasteiger charge is -2.06. The summed E-state index contributed by atoms with van der Waals surface area (Å²) in [7, 11) is 0. The van der Waals surface area contributed by atoms with E-state index in [1.807, 2.05) is 53.9 Å². The van der Waals surface area contributed by atoms with Crippen molar-refractivity contribution >= 4 is 22.9 Å². The van der Waals surface area contributed by atoms with Crippen molar-refractivity contribution in [2.45, 2.75) is 13.2 Å². The van der Waals surface area contributed by atoms with Gasteiger partial charge in [0, 0.05) is 22.5 Å². The van der Waals surface area contributed by atoms with E-state index in [2.05, 4.69) is 10.5 Å². The van der Waals surface area contributed by atoms with Gasteiger partial charge in [-0.25, -0.2) is 10.5 Å². The van der Waals surface area contributed by atoms with Crippen LogP contribution in [0.1, 0.15) is 11.3 Å². The van der Waals surface area contributed by atoms with Crippen LogP contribution in [0.4, 0.5) is 0 Å². The number of nitrogens with zero attached hydrogens (tertiary/aromatic N) is 1. The number of aromatic nitrogens is 1. The number of rotatable bonds is 6. The van der Waals surface area contributed by atoms with E-state index in [1.165, 1.54) is 0 Å². The van der Waals surface area contributed by atoms with Gasteiger partial charge in [0.2, 0.25) is 0 Å². The van der Waals surface area contributed by atoms with E-state index in [0.717, 1.165) is 27.6 Å². The third-order valence-electron chi connectivity index (χ3n) is 3.21. The second-order valence-corrected chi connectivity index (χ2v) is 6.22. The number of halogens is 1. The molecule has 0 saturated carbocycles. The van der Waals surface area contributed by atoms with Gasteiger partial charge >= 0.3 is 0 Å². The van der Waals surface area contributed by atoms with Crippen LogP contribution in [0.15, 0.2) is 53.9 Å². The number of hydrogen-bond donors (Lipinski definition) is 2. The second kappa shape index (κ2) is 7.57. The van der Waals surface area contributed by atoms with E-state index in [1.54, 1.807) is 11.3 Å². The average Bonchev–Trinajstić information content (AvgIpc) is 3.03. The Morgan fingerprint density at radius 2 is 2.00 bits per heavy atom. The van der Waals surface area contributed by atoms with E-state index in [-0.39, 0.29) is 0 Å². The Morgan fingerprint density at radius 3 is 2.78 bits per heavy atom. The summed E-state index contributed by atoms with van der Waals surface area (Å²) in [5.41, 5.74) is 5.01. The third-order valence-corrected chi connectivity index (χ3v) is 4.40. The molecule has 3 rings (SSSR count). The minimum absolute atomic E-state index is 0.384. The van der Waals surface area contributed by atoms with Gasteiger partial charge in [-0.1, -0.05) is 35.9 Å². The molecule has 0 bridgehead atoms. The highest BCUT2D eigenvalue weighted by Gasteiger charge is 2.06. The predicted octanol–water partition coefficient (Wildman–Crippen LogP) is 4.52. The first-order chi connectivity index (χ1) is 11.2. The molecule has 2 N–H and O–H groups in total. The van der Waals surface area contributed by atoms with Crippen LogP contribution in [0.2, 0.25) is 5.02 Å². The number of hydrogen-bond acceptors (Lipinski definition) is 5. The summed E-state index contributed by atoms with van der Waals surface area (Å²) in [4.78, 5) is 4.58. The topological polar surface area (TPSA) is 54.4 Å². The van der Waals surface area contributed by atoms with Gasteiger partial charge in [0.25, 0.3) is 0 Å². The zero-order valence-corrected chi connectivity index (χ0v) is 13.8. The van der Waals surface area contributed by atoms with Gasteiger partial charge in [-0.05, 0) is 29.8 Å². The van der Waals surface area contributed by atoms with Crippen LogP contribution in [0, 0.1) is 0 Å². The van der Waals surface area contributed by atoms with Crippen molar-refractivity contribution in [3.8, 4) is 16.3 Å². The largest absolute Gasteiger partial charge is 0.487 e. The number of benzene rings is 2. The molecular weight excluding hydrogens is 332 g/mol. The third kappa shape index (κ3) is 4.30. The molecule has 0 atom stereocenters. The van der Waals surface area contributed by atoms with Crippen molar-refractivity contribution in [2.75, 3.05) is 0 Å². The fourth-order valence-corrected chi connectivity index (χ4v) is 3.03. The van der Waals surface area contributed by atoms with Crippen molar-refractivity contribution in [2.24, 2.45) is 0 Å². The van der Waals surface area contributed by atoms with E-state index in [0.29, 0.717) is 18.2 Å². The molecule has 0 radical (unpaired) electrons. The van der Waals surface area contributed by atoms with Crippen molar-refractivity contribution in [1.29, 1.82) is 0 Å². The minimum atomic E-state index is 0.384. The van der Waals surface area contributed by atoms with Crippen molar-refractivity contribution < 1.29 is 9.94 Å². The predicted molar refractivity (Wildman–Crippen MR) is 92.0 cm³/mol. The fraction of sp³-hybridized carbons (Fsp3) is 0.118. The highest BCUT2D eigenvalue weighted by atomic mass is 35.5. The number of nitrogens with one attached hydrogen (secondary N) is 1. The molecule has 0 unspecified atom stereocenters. The Balaban J connectivity index is 1.65. The maximum Gasteiger partial charge on any atom is 0.131 e. The quantitative estimate of drug-likeness (QED) is 0.644. The zero-order chi connectivity index (χ0) is 16.1. The first kappa shape index (κ1) is 16.0. The second-order valence-electron chi connectivity index (χ2n) is 4.92. The zero-order valence-electron chi connectivity index (χ0n) is 12.2. The molecule has 1 heterocycles. The van der Waals surface area contributed by atoms with Crippen LogP contribution in [-0.2, 0) is 13.2 Å². The van der Waals surface area contributed by atoms with Gasteiger partial charge in [-0.15, -0.1) is 11.3 Å². The minimum Gasteiger partial charge on any atom is -0.487 e. The Hall–Kier alpha value is -1.92. The molecule has 3 aromatic rings. The molecule has 0 fully saturated rings. The van der Waals surface area contributed by atoms with Gasteiger partial charge < -0.3 is 9.94 Å². The molecule has 0 aliphatic heterocycles. The highest BCUT2D eigenvalue weighted by Crippen LogP contribution is 2.25. The molecule has 2 aromatic carbocycles. The Kier molecular flexibility index (Phi) is 5.25. The molecule has 6 heteroatoms. The number of ether oxygens (including phenoxy) is 1. The molecule has 0 saturated heterocycles. The summed E-state index contributed by atoms with van der Waals surface area (Å²) in [6.45, 7) is 0.786. The summed E-state index contributed by atoms with van der Waals surface area (Å²) in [5, 5.41) is 12.4. The van der Waals surface area contributed by atoms with Crippen molar-refractivity contribution in [3.63, 3.8) is 0 Å². The molecule has 0 aliphatic rings. The van der Waals surface area contributed by atoms with Crippen molar-refractivity contribution in [1.82, 2.24) is 10.5 Å². The number of hydroxylamine groups is 1.